The van der Waals surface area contributed by atoms with Crippen LogP contribution >= 0.6 is 50.8 Å². The van der Waals surface area contributed by atoms with E-state index in [2.05, 4.69) is 48.8 Å². The third-order valence-corrected chi connectivity index (χ3v) is 7.26. The third kappa shape index (κ3) is 7.14. The Kier molecular flexibility index (Phi) is 8.53. The predicted octanol–water partition coefficient (Wildman–Crippen LogP) is 4.84. The van der Waals surface area contributed by atoms with Gasteiger partial charge in [0.05, 0.1) is 19.1 Å². The van der Waals surface area contributed by atoms with E-state index in [1.54, 1.807) is 25.1 Å². The van der Waals surface area contributed by atoms with Crippen molar-refractivity contribution in [2.75, 3.05) is 12.9 Å². The van der Waals surface area contributed by atoms with Gasteiger partial charge in [-0.3, -0.25) is 4.79 Å². The first-order valence-corrected chi connectivity index (χ1v) is 12.0. The average molecular weight is 509 g/mol. The fourth-order valence-electron chi connectivity index (χ4n) is 2.17. The summed E-state index contributed by atoms with van der Waals surface area (Å²) in [7, 11) is 1.59. The van der Waals surface area contributed by atoms with E-state index in [9.17, 15) is 4.79 Å². The second-order valence-corrected chi connectivity index (χ2v) is 9.91. The van der Waals surface area contributed by atoms with Crippen LogP contribution in [0, 0.1) is 0 Å². The molecule has 0 atom stereocenters. The molecule has 10 heteroatoms. The van der Waals surface area contributed by atoms with Gasteiger partial charge in [-0.1, -0.05) is 81.1 Å². The molecule has 1 heterocycles. The van der Waals surface area contributed by atoms with Crippen LogP contribution in [0.4, 0.5) is 0 Å². The summed E-state index contributed by atoms with van der Waals surface area (Å²) < 4.78 is 7.81. The average Bonchev–Trinajstić information content (AvgIpc) is 3.20. The summed E-state index contributed by atoms with van der Waals surface area (Å²) in [6.07, 6.45) is 1.55. The predicted molar refractivity (Wildman–Crippen MR) is 123 cm³/mol. The fourth-order valence-corrected chi connectivity index (χ4v) is 5.32. The Morgan fingerprint density at radius 3 is 2.72 bits per heavy atom. The molecule has 3 aromatic rings. The largest absolute Gasteiger partial charge is 0.496 e. The van der Waals surface area contributed by atoms with Crippen LogP contribution in [0.5, 0.6) is 5.75 Å². The van der Waals surface area contributed by atoms with E-state index in [4.69, 9.17) is 4.74 Å². The second kappa shape index (κ2) is 11.3. The van der Waals surface area contributed by atoms with Gasteiger partial charge in [0.15, 0.2) is 8.68 Å². The summed E-state index contributed by atoms with van der Waals surface area (Å²) in [5.74, 6) is 1.52. The zero-order valence-corrected chi connectivity index (χ0v) is 19.4. The van der Waals surface area contributed by atoms with Crippen molar-refractivity contribution < 1.29 is 9.53 Å². The van der Waals surface area contributed by atoms with Gasteiger partial charge in [0.25, 0.3) is 5.91 Å². The molecule has 0 saturated carbocycles. The molecule has 3 rings (SSSR count). The van der Waals surface area contributed by atoms with Crippen LogP contribution < -0.4 is 10.2 Å². The van der Waals surface area contributed by atoms with Crippen LogP contribution in [0.25, 0.3) is 0 Å². The molecule has 0 bridgehead atoms. The molecule has 0 spiro atoms. The zero-order valence-electron chi connectivity index (χ0n) is 15.4. The molecule has 6 nitrogen and oxygen atoms in total. The molecular weight excluding hydrogens is 492 g/mol. The molecule has 2 aromatic carbocycles. The van der Waals surface area contributed by atoms with E-state index in [0.717, 1.165) is 24.5 Å². The summed E-state index contributed by atoms with van der Waals surface area (Å²) in [5, 5.41) is 12.3. The van der Waals surface area contributed by atoms with Crippen molar-refractivity contribution in [2.24, 2.45) is 5.10 Å². The van der Waals surface area contributed by atoms with Crippen molar-refractivity contribution in [1.29, 1.82) is 0 Å². The van der Waals surface area contributed by atoms with Gasteiger partial charge in [-0.25, -0.2) is 5.43 Å². The Hall–Kier alpha value is -1.88. The van der Waals surface area contributed by atoms with E-state index < -0.39 is 0 Å². The minimum atomic E-state index is -0.214. The lowest BCUT2D eigenvalue weighted by atomic mass is 10.2. The number of hydrazone groups is 1. The van der Waals surface area contributed by atoms with Gasteiger partial charge in [0.1, 0.15) is 5.75 Å². The van der Waals surface area contributed by atoms with Gasteiger partial charge in [0.2, 0.25) is 0 Å². The van der Waals surface area contributed by atoms with Gasteiger partial charge >= 0.3 is 0 Å². The Morgan fingerprint density at radius 1 is 1.21 bits per heavy atom. The van der Waals surface area contributed by atoms with Crippen molar-refractivity contribution in [3.05, 3.63) is 64.1 Å². The first-order chi connectivity index (χ1) is 14.1. The van der Waals surface area contributed by atoms with Gasteiger partial charge in [-0.15, -0.1) is 10.2 Å². The van der Waals surface area contributed by atoms with Crippen molar-refractivity contribution in [3.63, 3.8) is 0 Å². The van der Waals surface area contributed by atoms with E-state index in [1.807, 2.05) is 36.4 Å². The smallest absolute Gasteiger partial charge is 0.250 e. The number of hydrogen-bond acceptors (Lipinski definition) is 8. The first-order valence-electron chi connectivity index (χ1n) is 8.42. The minimum absolute atomic E-state index is 0.213. The highest BCUT2D eigenvalue weighted by Gasteiger charge is 2.09. The Labute approximate surface area is 189 Å². The topological polar surface area (TPSA) is 76.5 Å². The van der Waals surface area contributed by atoms with Crippen molar-refractivity contribution in [1.82, 2.24) is 15.6 Å². The molecule has 0 aliphatic rings. The van der Waals surface area contributed by atoms with Crippen LogP contribution in [0.2, 0.25) is 0 Å². The molecule has 1 N–H and O–H groups in total. The summed E-state index contributed by atoms with van der Waals surface area (Å²) in [6, 6.07) is 15.8. The maximum Gasteiger partial charge on any atom is 0.250 e. The standard InChI is InChI=1S/C19H17BrN4O2S3/c1-26-16-8-7-15(20)9-14(16)10-21-22-17(25)12-28-19-24-23-18(29-19)27-11-13-5-3-2-4-6-13/h2-10H,11-12H2,1H3,(H,22,25)/b21-10-. The number of nitrogens with one attached hydrogen (secondary N) is 1. The van der Waals surface area contributed by atoms with E-state index in [0.29, 0.717) is 5.75 Å². The Balaban J connectivity index is 1.44. The quantitative estimate of drug-likeness (QED) is 0.253. The number of carbonyl (C=O) groups is 1. The molecule has 0 aliphatic carbocycles. The molecule has 150 valence electrons. The lowest BCUT2D eigenvalue weighted by molar-refractivity contribution is -0.118. The Morgan fingerprint density at radius 2 is 1.97 bits per heavy atom. The first kappa shape index (κ1) is 21.8. The highest BCUT2D eigenvalue weighted by molar-refractivity contribution is 9.10. The van der Waals surface area contributed by atoms with Crippen molar-refractivity contribution in [3.8, 4) is 5.75 Å². The number of amides is 1. The molecule has 0 fully saturated rings. The van der Waals surface area contributed by atoms with Crippen molar-refractivity contribution in [2.45, 2.75) is 14.4 Å². The van der Waals surface area contributed by atoms with E-state index >= 15 is 0 Å². The van der Waals surface area contributed by atoms with Crippen LogP contribution in [-0.2, 0) is 10.5 Å². The number of hydrogen-bond donors (Lipinski definition) is 1. The molecular formula is C19H17BrN4O2S3. The highest BCUT2D eigenvalue weighted by atomic mass is 79.9. The van der Waals surface area contributed by atoms with Crippen LogP contribution in [0.15, 0.2) is 66.8 Å². The van der Waals surface area contributed by atoms with Crippen LogP contribution in [0.1, 0.15) is 11.1 Å². The number of methoxy groups -OCH3 is 1. The number of ether oxygens (including phenoxy) is 1. The van der Waals surface area contributed by atoms with Crippen molar-refractivity contribution >= 4 is 62.9 Å². The highest BCUT2D eigenvalue weighted by Crippen LogP contribution is 2.30. The third-order valence-electron chi connectivity index (χ3n) is 3.50. The van der Waals surface area contributed by atoms with Gasteiger partial charge in [-0.2, -0.15) is 5.10 Å². The molecule has 1 aromatic heterocycles. The normalized spacial score (nSPS) is 11.0. The maximum atomic E-state index is 12.0. The Bertz CT molecular complexity index is 983. The molecule has 29 heavy (non-hydrogen) atoms. The van der Waals surface area contributed by atoms with E-state index in [1.165, 1.54) is 28.7 Å². The molecule has 1 amide bonds. The van der Waals surface area contributed by atoms with Gasteiger partial charge in [0, 0.05) is 15.8 Å². The monoisotopic (exact) mass is 508 g/mol. The summed E-state index contributed by atoms with van der Waals surface area (Å²) >= 11 is 7.86. The maximum absolute atomic E-state index is 12.0. The number of benzene rings is 2. The lowest BCUT2D eigenvalue weighted by Crippen LogP contribution is -2.19. The summed E-state index contributed by atoms with van der Waals surface area (Å²) in [4.78, 5) is 12.0. The molecule has 0 saturated heterocycles. The van der Waals surface area contributed by atoms with Gasteiger partial charge < -0.3 is 4.74 Å². The second-order valence-electron chi connectivity index (χ2n) is 5.58. The fraction of sp³-hybridized carbons (Fsp3) is 0.158. The number of carbonyl (C=O) groups excluding carboxylic acids is 1. The van der Waals surface area contributed by atoms with E-state index in [-0.39, 0.29) is 11.7 Å². The minimum Gasteiger partial charge on any atom is -0.496 e. The van der Waals surface area contributed by atoms with Crippen LogP contribution in [0.3, 0.4) is 0 Å². The van der Waals surface area contributed by atoms with Crippen LogP contribution in [-0.4, -0.2) is 35.2 Å². The number of thioether (sulfide) groups is 2. The molecule has 0 aliphatic heterocycles. The SMILES string of the molecule is COc1ccc(Br)cc1/C=N\NC(=O)CSc1nnc(SCc2ccccc2)s1. The summed E-state index contributed by atoms with van der Waals surface area (Å²) in [6.45, 7) is 0. The number of nitrogens with zero attached hydrogens (tertiary/aromatic N) is 3. The summed E-state index contributed by atoms with van der Waals surface area (Å²) in [5.41, 5.74) is 4.52. The van der Waals surface area contributed by atoms with Gasteiger partial charge in [-0.05, 0) is 23.8 Å². The number of rotatable bonds is 9. The molecule has 0 radical (unpaired) electrons. The zero-order chi connectivity index (χ0) is 20.5. The lowest BCUT2D eigenvalue weighted by Gasteiger charge is -2.04. The number of halogens is 1. The molecule has 0 unspecified atom stereocenters. The number of aromatic nitrogens is 2.